The van der Waals surface area contributed by atoms with Crippen molar-refractivity contribution in [2.75, 3.05) is 6.54 Å². The predicted octanol–water partition coefficient (Wildman–Crippen LogP) is 1.85. The molecule has 1 amide bonds. The van der Waals surface area contributed by atoms with Crippen molar-refractivity contribution in [2.45, 2.75) is 12.6 Å². The molecule has 0 radical (unpaired) electrons. The van der Waals surface area contributed by atoms with Crippen LogP contribution in [0.1, 0.15) is 5.56 Å². The molecular weight excluding hydrogens is 296 g/mol. The van der Waals surface area contributed by atoms with Gasteiger partial charge in [0.25, 0.3) is 0 Å². The molecule has 2 rings (SSSR count). The van der Waals surface area contributed by atoms with E-state index < -0.39 is 18.1 Å². The van der Waals surface area contributed by atoms with Gasteiger partial charge in [-0.05, 0) is 17.7 Å². The third kappa shape index (κ3) is 5.44. The van der Waals surface area contributed by atoms with Crippen molar-refractivity contribution < 1.29 is 19.1 Å². The molecule has 6 heteroatoms. The quantitative estimate of drug-likeness (QED) is 0.627. The Morgan fingerprint density at radius 3 is 2.22 bits per heavy atom. The van der Waals surface area contributed by atoms with Crippen LogP contribution in [0.25, 0.3) is 0 Å². The van der Waals surface area contributed by atoms with Crippen LogP contribution in [0.5, 0.6) is 5.75 Å². The van der Waals surface area contributed by atoms with Gasteiger partial charge in [-0.2, -0.15) is 0 Å². The summed E-state index contributed by atoms with van der Waals surface area (Å²) in [7, 11) is 0. The van der Waals surface area contributed by atoms with Crippen molar-refractivity contribution in [2.24, 2.45) is 5.73 Å². The van der Waals surface area contributed by atoms with E-state index in [9.17, 15) is 9.59 Å². The molecule has 0 bridgehead atoms. The third-order valence-corrected chi connectivity index (χ3v) is 2.99. The summed E-state index contributed by atoms with van der Waals surface area (Å²) in [6.45, 7) is 0.0177. The normalized spacial score (nSPS) is 11.3. The van der Waals surface area contributed by atoms with Crippen molar-refractivity contribution in [1.29, 1.82) is 0 Å². The Morgan fingerprint density at radius 1 is 1.00 bits per heavy atom. The highest BCUT2D eigenvalue weighted by molar-refractivity contribution is 5.83. The Balaban J connectivity index is 1.83. The van der Waals surface area contributed by atoms with Gasteiger partial charge in [0.05, 0.1) is 0 Å². The van der Waals surface area contributed by atoms with E-state index in [0.717, 1.165) is 5.56 Å². The van der Waals surface area contributed by atoms with Crippen LogP contribution in [0, 0.1) is 0 Å². The zero-order chi connectivity index (χ0) is 16.5. The number of carbonyl (C=O) groups is 2. The first-order chi connectivity index (χ1) is 11.2. The van der Waals surface area contributed by atoms with Gasteiger partial charge in [0.2, 0.25) is 0 Å². The Labute approximate surface area is 134 Å². The fourth-order valence-corrected chi connectivity index (χ4v) is 1.80. The summed E-state index contributed by atoms with van der Waals surface area (Å²) >= 11 is 0. The van der Waals surface area contributed by atoms with Crippen LogP contribution in [-0.4, -0.2) is 24.6 Å². The number of ether oxygens (including phenoxy) is 2. The molecule has 23 heavy (non-hydrogen) atoms. The molecule has 0 aliphatic heterocycles. The minimum absolute atomic E-state index is 0.0912. The topological polar surface area (TPSA) is 90.6 Å². The monoisotopic (exact) mass is 314 g/mol. The summed E-state index contributed by atoms with van der Waals surface area (Å²) in [6.07, 6.45) is -0.727. The largest absolute Gasteiger partial charge is 0.445 e. The summed E-state index contributed by atoms with van der Waals surface area (Å²) in [4.78, 5) is 23.7. The zero-order valence-electron chi connectivity index (χ0n) is 12.5. The molecule has 2 aromatic rings. The lowest BCUT2D eigenvalue weighted by Gasteiger charge is -2.15. The molecule has 0 saturated carbocycles. The van der Waals surface area contributed by atoms with Crippen LogP contribution in [-0.2, 0) is 16.1 Å². The second kappa shape index (κ2) is 8.55. The van der Waals surface area contributed by atoms with Crippen molar-refractivity contribution in [3.63, 3.8) is 0 Å². The Kier molecular flexibility index (Phi) is 6.14. The SMILES string of the molecule is NC[C@@H](NC(=O)OCc1ccccc1)C(=O)Oc1ccccc1. The standard InChI is InChI=1S/C17H18N2O4/c18-11-15(16(20)23-14-9-5-2-6-10-14)19-17(21)22-12-13-7-3-1-4-8-13/h1-10,15H,11-12,18H2,(H,19,21)/t15-/m1/s1. The lowest BCUT2D eigenvalue weighted by Crippen LogP contribution is -2.47. The maximum Gasteiger partial charge on any atom is 0.408 e. The Morgan fingerprint density at radius 2 is 1.61 bits per heavy atom. The molecule has 0 aromatic heterocycles. The number of hydrogen-bond donors (Lipinski definition) is 2. The summed E-state index contributed by atoms with van der Waals surface area (Å²) in [5, 5.41) is 2.40. The van der Waals surface area contributed by atoms with Crippen LogP contribution in [0.4, 0.5) is 4.79 Å². The smallest absolute Gasteiger partial charge is 0.408 e. The number of rotatable bonds is 6. The first kappa shape index (κ1) is 16.5. The van der Waals surface area contributed by atoms with Crippen LogP contribution >= 0.6 is 0 Å². The molecule has 2 aromatic carbocycles. The highest BCUT2D eigenvalue weighted by atomic mass is 16.6. The highest BCUT2D eigenvalue weighted by Gasteiger charge is 2.22. The van der Waals surface area contributed by atoms with Gasteiger partial charge in [0, 0.05) is 6.54 Å². The first-order valence-electron chi connectivity index (χ1n) is 7.13. The molecule has 1 atom stereocenters. The molecule has 0 heterocycles. The van der Waals surface area contributed by atoms with Crippen LogP contribution < -0.4 is 15.8 Å². The number of nitrogens with one attached hydrogen (secondary N) is 1. The lowest BCUT2D eigenvalue weighted by atomic mass is 10.2. The van der Waals surface area contributed by atoms with Crippen LogP contribution in [0.15, 0.2) is 60.7 Å². The first-order valence-corrected chi connectivity index (χ1v) is 7.13. The molecule has 0 fully saturated rings. The van der Waals surface area contributed by atoms with Gasteiger partial charge in [0.1, 0.15) is 18.4 Å². The van der Waals surface area contributed by atoms with Gasteiger partial charge < -0.3 is 20.5 Å². The highest BCUT2D eigenvalue weighted by Crippen LogP contribution is 2.09. The molecule has 0 aliphatic rings. The van der Waals surface area contributed by atoms with Gasteiger partial charge in [-0.1, -0.05) is 48.5 Å². The third-order valence-electron chi connectivity index (χ3n) is 2.99. The summed E-state index contributed by atoms with van der Waals surface area (Å²) < 4.78 is 10.2. The summed E-state index contributed by atoms with van der Waals surface area (Å²) in [5.41, 5.74) is 6.36. The van der Waals surface area contributed by atoms with Crippen molar-refractivity contribution in [3.05, 3.63) is 66.2 Å². The zero-order valence-corrected chi connectivity index (χ0v) is 12.5. The Hall–Kier alpha value is -2.86. The second-order valence-electron chi connectivity index (χ2n) is 4.73. The van der Waals surface area contributed by atoms with E-state index in [0.29, 0.717) is 5.75 Å². The molecule has 3 N–H and O–H groups in total. The van der Waals surface area contributed by atoms with Crippen molar-refractivity contribution in [1.82, 2.24) is 5.32 Å². The van der Waals surface area contributed by atoms with E-state index in [1.54, 1.807) is 30.3 Å². The van der Waals surface area contributed by atoms with E-state index in [1.807, 2.05) is 30.3 Å². The van der Waals surface area contributed by atoms with Crippen LogP contribution in [0.2, 0.25) is 0 Å². The van der Waals surface area contributed by atoms with Gasteiger partial charge >= 0.3 is 12.1 Å². The minimum atomic E-state index is -0.974. The Bertz CT molecular complexity index is 632. The molecule has 0 saturated heterocycles. The van der Waals surface area contributed by atoms with Gasteiger partial charge in [-0.25, -0.2) is 9.59 Å². The molecule has 0 aliphatic carbocycles. The number of benzene rings is 2. The number of hydrogen-bond acceptors (Lipinski definition) is 5. The number of carbonyl (C=O) groups excluding carboxylic acids is 2. The van der Waals surface area contributed by atoms with Crippen molar-refractivity contribution in [3.8, 4) is 5.75 Å². The molecule has 0 spiro atoms. The number of esters is 1. The summed E-state index contributed by atoms with van der Waals surface area (Å²) in [5.74, 6) is -0.259. The predicted molar refractivity (Wildman–Crippen MR) is 84.7 cm³/mol. The minimum Gasteiger partial charge on any atom is -0.445 e. The number of alkyl carbamates (subject to hydrolysis) is 1. The van der Waals surface area contributed by atoms with Gasteiger partial charge in [0.15, 0.2) is 0 Å². The maximum absolute atomic E-state index is 12.0. The van der Waals surface area contributed by atoms with E-state index >= 15 is 0 Å². The average Bonchev–Trinajstić information content (AvgIpc) is 2.59. The number of para-hydroxylation sites is 1. The lowest BCUT2D eigenvalue weighted by molar-refractivity contribution is -0.136. The molecule has 120 valence electrons. The molecule has 0 unspecified atom stereocenters. The van der Waals surface area contributed by atoms with Crippen LogP contribution in [0.3, 0.4) is 0 Å². The maximum atomic E-state index is 12.0. The average molecular weight is 314 g/mol. The number of nitrogens with two attached hydrogens (primary N) is 1. The summed E-state index contributed by atoms with van der Waals surface area (Å²) in [6, 6.07) is 16.8. The van der Waals surface area contributed by atoms with E-state index in [1.165, 1.54) is 0 Å². The molecular formula is C17H18N2O4. The van der Waals surface area contributed by atoms with E-state index in [2.05, 4.69) is 5.32 Å². The fraction of sp³-hybridized carbons (Fsp3) is 0.176. The second-order valence-corrected chi connectivity index (χ2v) is 4.73. The fourth-order valence-electron chi connectivity index (χ4n) is 1.80. The number of amides is 1. The van der Waals surface area contributed by atoms with Gasteiger partial charge in [-0.15, -0.1) is 0 Å². The van der Waals surface area contributed by atoms with Crippen molar-refractivity contribution >= 4 is 12.1 Å². The van der Waals surface area contributed by atoms with Gasteiger partial charge in [-0.3, -0.25) is 0 Å². The van der Waals surface area contributed by atoms with E-state index in [4.69, 9.17) is 15.2 Å². The van der Waals surface area contributed by atoms with E-state index in [-0.39, 0.29) is 13.2 Å². The molecule has 6 nitrogen and oxygen atoms in total.